The summed E-state index contributed by atoms with van der Waals surface area (Å²) >= 11 is 19.6. The van der Waals surface area contributed by atoms with Crippen LogP contribution in [0, 0.1) is 5.92 Å². The molecule has 0 heterocycles. The third kappa shape index (κ3) is 8.57. The molecule has 2 amide bonds. The van der Waals surface area contributed by atoms with E-state index in [1.54, 1.807) is 30.0 Å². The monoisotopic (exact) mass is 500 g/mol. The third-order valence-corrected chi connectivity index (χ3v) is 6.53. The van der Waals surface area contributed by atoms with Gasteiger partial charge in [-0.3, -0.25) is 9.59 Å². The average Bonchev–Trinajstić information content (AvgIpc) is 2.72. The van der Waals surface area contributed by atoms with Gasteiger partial charge < -0.3 is 10.2 Å². The third-order valence-electron chi connectivity index (χ3n) is 4.57. The summed E-state index contributed by atoms with van der Waals surface area (Å²) < 4.78 is 0. The maximum Gasteiger partial charge on any atom is 0.242 e. The lowest BCUT2D eigenvalue weighted by atomic mass is 10.1. The van der Waals surface area contributed by atoms with E-state index in [1.807, 2.05) is 38.1 Å². The number of halogens is 3. The quantitative estimate of drug-likeness (QED) is 0.430. The zero-order chi connectivity index (χ0) is 23.0. The predicted octanol–water partition coefficient (Wildman–Crippen LogP) is 6.07. The maximum absolute atomic E-state index is 13.1. The van der Waals surface area contributed by atoms with Crippen LogP contribution in [0.25, 0.3) is 0 Å². The Kier molecular flexibility index (Phi) is 10.5. The van der Waals surface area contributed by atoms with Crippen molar-refractivity contribution in [1.82, 2.24) is 10.2 Å². The van der Waals surface area contributed by atoms with Crippen molar-refractivity contribution in [2.45, 2.75) is 39.1 Å². The van der Waals surface area contributed by atoms with Gasteiger partial charge in [-0.1, -0.05) is 66.8 Å². The standard InChI is InChI=1S/C23H27Cl3N2O2S/c1-15(2)11-27-23(30)16(3)28(12-17-5-4-6-19(24)9-17)22(29)14-31-13-18-7-8-20(25)21(26)10-18/h4-10,15-16H,11-14H2,1-3H3,(H,27,30)/t16-/m0/s1. The zero-order valence-electron chi connectivity index (χ0n) is 17.8. The fourth-order valence-electron chi connectivity index (χ4n) is 2.84. The average molecular weight is 502 g/mol. The van der Waals surface area contributed by atoms with E-state index < -0.39 is 6.04 Å². The van der Waals surface area contributed by atoms with Crippen molar-refractivity contribution in [1.29, 1.82) is 0 Å². The van der Waals surface area contributed by atoms with E-state index in [1.165, 1.54) is 11.8 Å². The Balaban J connectivity index is 2.07. The molecule has 0 spiro atoms. The van der Waals surface area contributed by atoms with E-state index in [0.29, 0.717) is 39.8 Å². The van der Waals surface area contributed by atoms with Gasteiger partial charge in [0.05, 0.1) is 15.8 Å². The summed E-state index contributed by atoms with van der Waals surface area (Å²) in [6.07, 6.45) is 0. The normalized spacial score (nSPS) is 12.0. The lowest BCUT2D eigenvalue weighted by Crippen LogP contribution is -2.48. The Morgan fingerprint density at radius 3 is 2.39 bits per heavy atom. The molecular formula is C23H27Cl3N2O2S. The predicted molar refractivity (Wildman–Crippen MR) is 132 cm³/mol. The Morgan fingerprint density at radius 1 is 1.00 bits per heavy atom. The minimum absolute atomic E-state index is 0.114. The number of thioether (sulfide) groups is 1. The molecule has 0 saturated heterocycles. The second-order valence-electron chi connectivity index (χ2n) is 7.71. The molecule has 0 aliphatic rings. The van der Waals surface area contributed by atoms with Crippen LogP contribution < -0.4 is 5.32 Å². The summed E-state index contributed by atoms with van der Waals surface area (Å²) in [5, 5.41) is 4.50. The SMILES string of the molecule is CC(C)CNC(=O)[C@H](C)N(Cc1cccc(Cl)c1)C(=O)CSCc1ccc(Cl)c(Cl)c1. The number of nitrogens with one attached hydrogen (secondary N) is 1. The molecule has 8 heteroatoms. The van der Waals surface area contributed by atoms with Gasteiger partial charge in [-0.2, -0.15) is 0 Å². The van der Waals surface area contributed by atoms with Gasteiger partial charge in [0.2, 0.25) is 11.8 Å². The van der Waals surface area contributed by atoms with Gasteiger partial charge >= 0.3 is 0 Å². The molecule has 2 aromatic rings. The van der Waals surface area contributed by atoms with Crippen molar-refractivity contribution in [3.05, 3.63) is 68.7 Å². The lowest BCUT2D eigenvalue weighted by molar-refractivity contribution is -0.138. The Labute approximate surface area is 203 Å². The van der Waals surface area contributed by atoms with Crippen LogP contribution in [0.4, 0.5) is 0 Å². The molecule has 2 aromatic carbocycles. The summed E-state index contributed by atoms with van der Waals surface area (Å²) in [6, 6.07) is 12.2. The van der Waals surface area contributed by atoms with Crippen molar-refractivity contribution in [2.24, 2.45) is 5.92 Å². The van der Waals surface area contributed by atoms with Crippen LogP contribution in [-0.2, 0) is 21.9 Å². The maximum atomic E-state index is 13.1. The molecule has 0 saturated carbocycles. The molecule has 4 nitrogen and oxygen atoms in total. The first-order valence-electron chi connectivity index (χ1n) is 10.0. The van der Waals surface area contributed by atoms with Crippen molar-refractivity contribution >= 4 is 58.4 Å². The highest BCUT2D eigenvalue weighted by atomic mass is 35.5. The molecule has 0 aromatic heterocycles. The van der Waals surface area contributed by atoms with Crippen molar-refractivity contribution < 1.29 is 9.59 Å². The molecule has 0 aliphatic heterocycles. The van der Waals surface area contributed by atoms with E-state index in [4.69, 9.17) is 34.8 Å². The van der Waals surface area contributed by atoms with E-state index in [9.17, 15) is 9.59 Å². The van der Waals surface area contributed by atoms with E-state index in [2.05, 4.69) is 5.32 Å². The first-order valence-corrected chi connectivity index (χ1v) is 12.3. The Bertz CT molecular complexity index is 908. The zero-order valence-corrected chi connectivity index (χ0v) is 20.9. The fraction of sp³-hybridized carbons (Fsp3) is 0.391. The van der Waals surface area contributed by atoms with Crippen LogP contribution in [0.3, 0.4) is 0 Å². The van der Waals surface area contributed by atoms with Gasteiger partial charge in [0.25, 0.3) is 0 Å². The van der Waals surface area contributed by atoms with Gasteiger partial charge in [0.1, 0.15) is 6.04 Å². The largest absolute Gasteiger partial charge is 0.354 e. The highest BCUT2D eigenvalue weighted by molar-refractivity contribution is 7.99. The van der Waals surface area contributed by atoms with Crippen molar-refractivity contribution in [2.75, 3.05) is 12.3 Å². The molecule has 0 bridgehead atoms. The Morgan fingerprint density at radius 2 is 1.74 bits per heavy atom. The van der Waals surface area contributed by atoms with Crippen LogP contribution in [-0.4, -0.2) is 35.1 Å². The molecule has 168 valence electrons. The molecular weight excluding hydrogens is 475 g/mol. The first-order chi connectivity index (χ1) is 14.7. The molecule has 0 unspecified atom stereocenters. The number of carbonyl (C=O) groups excluding carboxylic acids is 2. The van der Waals surface area contributed by atoms with E-state index >= 15 is 0 Å². The van der Waals surface area contributed by atoms with E-state index in [-0.39, 0.29) is 17.6 Å². The summed E-state index contributed by atoms with van der Waals surface area (Å²) in [6.45, 7) is 6.68. The summed E-state index contributed by atoms with van der Waals surface area (Å²) in [5.74, 6) is 0.898. The first kappa shape index (κ1) is 25.9. The smallest absolute Gasteiger partial charge is 0.242 e. The summed E-state index contributed by atoms with van der Waals surface area (Å²) in [5.41, 5.74) is 1.86. The minimum Gasteiger partial charge on any atom is -0.354 e. The summed E-state index contributed by atoms with van der Waals surface area (Å²) in [7, 11) is 0. The number of carbonyl (C=O) groups is 2. The number of hydrogen-bond donors (Lipinski definition) is 1. The molecule has 1 N–H and O–H groups in total. The van der Waals surface area contributed by atoms with E-state index in [0.717, 1.165) is 11.1 Å². The fourth-order valence-corrected chi connectivity index (χ4v) is 4.23. The van der Waals surface area contributed by atoms with Crippen LogP contribution in [0.15, 0.2) is 42.5 Å². The molecule has 0 fully saturated rings. The van der Waals surface area contributed by atoms with Gasteiger partial charge in [-0.05, 0) is 48.2 Å². The number of nitrogens with zero attached hydrogens (tertiary/aromatic N) is 1. The molecule has 0 radical (unpaired) electrons. The number of benzene rings is 2. The van der Waals surface area contributed by atoms with Gasteiger partial charge in [0.15, 0.2) is 0 Å². The molecule has 2 rings (SSSR count). The number of rotatable bonds is 10. The summed E-state index contributed by atoms with van der Waals surface area (Å²) in [4.78, 5) is 27.3. The van der Waals surface area contributed by atoms with Crippen molar-refractivity contribution in [3.8, 4) is 0 Å². The second kappa shape index (κ2) is 12.6. The molecule has 0 aliphatic carbocycles. The van der Waals surface area contributed by atoms with Crippen LogP contribution in [0.1, 0.15) is 31.9 Å². The minimum atomic E-state index is -0.601. The highest BCUT2D eigenvalue weighted by Crippen LogP contribution is 2.25. The van der Waals surface area contributed by atoms with Crippen LogP contribution in [0.5, 0.6) is 0 Å². The van der Waals surface area contributed by atoms with Crippen LogP contribution >= 0.6 is 46.6 Å². The Hall–Kier alpha value is -1.40. The van der Waals surface area contributed by atoms with Gasteiger partial charge in [-0.25, -0.2) is 0 Å². The molecule has 31 heavy (non-hydrogen) atoms. The van der Waals surface area contributed by atoms with Gasteiger partial charge in [0, 0.05) is 23.9 Å². The van der Waals surface area contributed by atoms with Crippen molar-refractivity contribution in [3.63, 3.8) is 0 Å². The second-order valence-corrected chi connectivity index (χ2v) is 9.94. The molecule has 1 atom stereocenters. The number of amides is 2. The van der Waals surface area contributed by atoms with Gasteiger partial charge in [-0.15, -0.1) is 11.8 Å². The van der Waals surface area contributed by atoms with Crippen LogP contribution in [0.2, 0.25) is 15.1 Å². The number of hydrogen-bond acceptors (Lipinski definition) is 3. The topological polar surface area (TPSA) is 49.4 Å². The lowest BCUT2D eigenvalue weighted by Gasteiger charge is -2.29. The highest BCUT2D eigenvalue weighted by Gasteiger charge is 2.26.